The van der Waals surface area contributed by atoms with E-state index in [1.807, 2.05) is 5.32 Å². The summed E-state index contributed by atoms with van der Waals surface area (Å²) in [6.07, 6.45) is -0.428. The van der Waals surface area contributed by atoms with Gasteiger partial charge in [0.05, 0.1) is 12.2 Å². The molecule has 2 N–H and O–H groups in total. The molecule has 19 heavy (non-hydrogen) atoms. The Morgan fingerprint density at radius 2 is 2.21 bits per heavy atom. The average Bonchev–Trinajstić information content (AvgIpc) is 2.83. The normalized spacial score (nSPS) is 13.3. The van der Waals surface area contributed by atoms with Crippen molar-refractivity contribution in [3.63, 3.8) is 0 Å². The zero-order valence-corrected chi connectivity index (χ0v) is 10.4. The highest BCUT2D eigenvalue weighted by Crippen LogP contribution is 2.12. The molecule has 1 heterocycles. The molecule has 0 aliphatic carbocycles. The zero-order chi connectivity index (χ0) is 14.3. The van der Waals surface area contributed by atoms with Crippen molar-refractivity contribution in [2.24, 2.45) is 0 Å². The van der Waals surface area contributed by atoms with E-state index in [0.717, 1.165) is 0 Å². The molecule has 1 amide bonds. The highest BCUT2D eigenvalue weighted by molar-refractivity contribution is 5.81. The molecule has 0 spiro atoms. The Bertz CT molecular complexity index is 379. The van der Waals surface area contributed by atoms with Gasteiger partial charge in [-0.1, -0.05) is 5.21 Å². The van der Waals surface area contributed by atoms with Gasteiger partial charge in [0.2, 0.25) is 5.91 Å². The molecule has 0 saturated carbocycles. The minimum absolute atomic E-state index is 0.500. The number of carbonyl (C=O) groups is 1. The second kappa shape index (κ2) is 7.07. The van der Waals surface area contributed by atoms with E-state index >= 15 is 0 Å². The Labute approximate surface area is 108 Å². The molecule has 0 bridgehead atoms. The van der Waals surface area contributed by atoms with Crippen LogP contribution in [0.4, 0.5) is 13.2 Å². The highest BCUT2D eigenvalue weighted by Gasteiger charge is 2.28. The van der Waals surface area contributed by atoms with Gasteiger partial charge >= 0.3 is 6.18 Å². The van der Waals surface area contributed by atoms with Crippen LogP contribution in [0.3, 0.4) is 0 Å². The SMILES string of the molecule is CC(NCCCn1ccnn1)C(=O)NCC(F)(F)F. The monoisotopic (exact) mass is 279 g/mol. The lowest BCUT2D eigenvalue weighted by Crippen LogP contribution is -2.45. The van der Waals surface area contributed by atoms with E-state index < -0.39 is 24.7 Å². The molecule has 9 heteroatoms. The van der Waals surface area contributed by atoms with E-state index in [4.69, 9.17) is 0 Å². The van der Waals surface area contributed by atoms with Crippen molar-refractivity contribution in [3.05, 3.63) is 12.4 Å². The van der Waals surface area contributed by atoms with Crippen LogP contribution < -0.4 is 10.6 Å². The van der Waals surface area contributed by atoms with E-state index in [1.54, 1.807) is 17.1 Å². The number of aryl methyl sites for hydroxylation is 1. The van der Waals surface area contributed by atoms with Crippen molar-refractivity contribution in [2.45, 2.75) is 32.1 Å². The van der Waals surface area contributed by atoms with Crippen molar-refractivity contribution in [2.75, 3.05) is 13.1 Å². The topological polar surface area (TPSA) is 71.8 Å². The Morgan fingerprint density at radius 1 is 1.47 bits per heavy atom. The van der Waals surface area contributed by atoms with Crippen LogP contribution in [-0.2, 0) is 11.3 Å². The summed E-state index contributed by atoms with van der Waals surface area (Å²) < 4.78 is 37.3. The van der Waals surface area contributed by atoms with Crippen LogP contribution in [0.25, 0.3) is 0 Å². The highest BCUT2D eigenvalue weighted by atomic mass is 19.4. The van der Waals surface area contributed by atoms with Gasteiger partial charge in [-0.3, -0.25) is 9.48 Å². The third-order valence-corrected chi connectivity index (χ3v) is 2.34. The van der Waals surface area contributed by atoms with E-state index in [9.17, 15) is 18.0 Å². The summed E-state index contributed by atoms with van der Waals surface area (Å²) in [7, 11) is 0. The molecule has 0 saturated heterocycles. The molecular weight excluding hydrogens is 263 g/mol. The first-order valence-electron chi connectivity index (χ1n) is 5.80. The smallest absolute Gasteiger partial charge is 0.346 e. The number of hydrogen-bond acceptors (Lipinski definition) is 4. The molecule has 108 valence electrons. The number of nitrogens with zero attached hydrogens (tertiary/aromatic N) is 3. The standard InChI is InChI=1S/C10H16F3N5O/c1-8(9(19)15-7-10(11,12)13)14-3-2-5-18-6-4-16-17-18/h4,6,8,14H,2-3,5,7H2,1H3,(H,15,19). The molecule has 1 atom stereocenters. The molecular formula is C10H16F3N5O. The number of halogens is 3. The quantitative estimate of drug-likeness (QED) is 0.705. The molecule has 0 aliphatic rings. The summed E-state index contributed by atoms with van der Waals surface area (Å²) in [5.74, 6) is -0.668. The number of carbonyl (C=O) groups excluding carboxylic acids is 1. The lowest BCUT2D eigenvalue weighted by Gasteiger charge is -2.14. The van der Waals surface area contributed by atoms with Crippen molar-refractivity contribution >= 4 is 5.91 Å². The molecule has 1 aromatic rings. The van der Waals surface area contributed by atoms with Crippen LogP contribution in [0.2, 0.25) is 0 Å². The predicted octanol–water partition coefficient (Wildman–Crippen LogP) is 0.325. The van der Waals surface area contributed by atoms with Crippen molar-refractivity contribution in [1.82, 2.24) is 25.6 Å². The second-order valence-electron chi connectivity index (χ2n) is 4.03. The molecule has 6 nitrogen and oxygen atoms in total. The fourth-order valence-corrected chi connectivity index (χ4v) is 1.34. The van der Waals surface area contributed by atoms with Crippen molar-refractivity contribution in [3.8, 4) is 0 Å². The van der Waals surface area contributed by atoms with Gasteiger partial charge in [0.25, 0.3) is 0 Å². The van der Waals surface area contributed by atoms with E-state index in [0.29, 0.717) is 19.5 Å². The van der Waals surface area contributed by atoms with Crippen LogP contribution in [0.1, 0.15) is 13.3 Å². The van der Waals surface area contributed by atoms with Gasteiger partial charge in [0, 0.05) is 12.7 Å². The van der Waals surface area contributed by atoms with Crippen LogP contribution in [0.15, 0.2) is 12.4 Å². The fraction of sp³-hybridized carbons (Fsp3) is 0.700. The minimum Gasteiger partial charge on any atom is -0.346 e. The first-order chi connectivity index (χ1) is 8.88. The summed E-state index contributed by atoms with van der Waals surface area (Å²) in [4.78, 5) is 11.3. The van der Waals surface area contributed by atoms with Gasteiger partial charge in [-0.05, 0) is 19.9 Å². The average molecular weight is 279 g/mol. The molecule has 0 radical (unpaired) electrons. The molecule has 1 unspecified atom stereocenters. The summed E-state index contributed by atoms with van der Waals surface area (Å²) >= 11 is 0. The van der Waals surface area contributed by atoms with Gasteiger partial charge in [-0.25, -0.2) is 0 Å². The molecule has 0 aromatic carbocycles. The Morgan fingerprint density at radius 3 is 2.79 bits per heavy atom. The predicted molar refractivity (Wildman–Crippen MR) is 61.2 cm³/mol. The maximum atomic E-state index is 11.9. The largest absolute Gasteiger partial charge is 0.405 e. The number of aromatic nitrogens is 3. The van der Waals surface area contributed by atoms with E-state index in [-0.39, 0.29) is 0 Å². The van der Waals surface area contributed by atoms with Gasteiger partial charge < -0.3 is 10.6 Å². The van der Waals surface area contributed by atoms with Crippen LogP contribution in [-0.4, -0.2) is 46.2 Å². The molecule has 1 aromatic heterocycles. The summed E-state index contributed by atoms with van der Waals surface area (Å²) in [5, 5.41) is 12.1. The molecule has 0 aliphatic heterocycles. The Kier molecular flexibility index (Phi) is 5.74. The maximum Gasteiger partial charge on any atom is 0.405 e. The zero-order valence-electron chi connectivity index (χ0n) is 10.4. The minimum atomic E-state index is -4.39. The van der Waals surface area contributed by atoms with Gasteiger partial charge in [0.1, 0.15) is 6.54 Å². The number of alkyl halides is 3. The van der Waals surface area contributed by atoms with Gasteiger partial charge in [0.15, 0.2) is 0 Å². The lowest BCUT2D eigenvalue weighted by atomic mass is 10.3. The third-order valence-electron chi connectivity index (χ3n) is 2.34. The first kappa shape index (κ1) is 15.4. The van der Waals surface area contributed by atoms with Crippen molar-refractivity contribution < 1.29 is 18.0 Å². The second-order valence-corrected chi connectivity index (χ2v) is 4.03. The number of nitrogens with one attached hydrogen (secondary N) is 2. The lowest BCUT2D eigenvalue weighted by molar-refractivity contribution is -0.139. The summed E-state index contributed by atoms with van der Waals surface area (Å²) in [6.45, 7) is 1.34. The van der Waals surface area contributed by atoms with Crippen LogP contribution in [0, 0.1) is 0 Å². The summed E-state index contributed by atoms with van der Waals surface area (Å²) in [5.41, 5.74) is 0. The maximum absolute atomic E-state index is 11.9. The van der Waals surface area contributed by atoms with Gasteiger partial charge in [-0.2, -0.15) is 13.2 Å². The molecule has 1 rings (SSSR count). The Hall–Kier alpha value is -1.64. The van der Waals surface area contributed by atoms with Crippen LogP contribution in [0.5, 0.6) is 0 Å². The number of rotatable bonds is 7. The third kappa shape index (κ3) is 6.75. The van der Waals surface area contributed by atoms with E-state index in [1.165, 1.54) is 6.92 Å². The van der Waals surface area contributed by atoms with Crippen molar-refractivity contribution in [1.29, 1.82) is 0 Å². The first-order valence-corrected chi connectivity index (χ1v) is 5.80. The van der Waals surface area contributed by atoms with Crippen LogP contribution >= 0.6 is 0 Å². The Balaban J connectivity index is 2.12. The number of hydrogen-bond donors (Lipinski definition) is 2. The molecule has 0 fully saturated rings. The summed E-state index contributed by atoms with van der Waals surface area (Å²) in [6, 6.07) is -0.668. The fourth-order valence-electron chi connectivity index (χ4n) is 1.34. The number of amides is 1. The van der Waals surface area contributed by atoms with E-state index in [2.05, 4.69) is 15.6 Å². The van der Waals surface area contributed by atoms with Gasteiger partial charge in [-0.15, -0.1) is 5.10 Å².